The average Bonchev–Trinajstić information content (AvgIpc) is 2.35. The molecular weight excluding hydrogens is 250 g/mol. The van der Waals surface area contributed by atoms with Crippen LogP contribution < -0.4 is 0 Å². The molecule has 0 aliphatic rings. The highest BCUT2D eigenvalue weighted by molar-refractivity contribution is 5.21. The van der Waals surface area contributed by atoms with Gasteiger partial charge in [-0.1, -0.05) is 30.3 Å². The highest BCUT2D eigenvalue weighted by Gasteiger charge is 2.28. The van der Waals surface area contributed by atoms with Crippen LogP contribution in [0.4, 0.5) is 0 Å². The molecule has 0 heterocycles. The van der Waals surface area contributed by atoms with Gasteiger partial charge in [-0.15, -0.1) is 0 Å². The Morgan fingerprint density at radius 2 is 1.55 bits per heavy atom. The van der Waals surface area contributed by atoms with Crippen LogP contribution in [0.1, 0.15) is 46.6 Å². The van der Waals surface area contributed by atoms with Crippen molar-refractivity contribution < 1.29 is 10.2 Å². The summed E-state index contributed by atoms with van der Waals surface area (Å²) in [7, 11) is 0. The second-order valence-electron chi connectivity index (χ2n) is 6.38. The quantitative estimate of drug-likeness (QED) is 0.806. The fourth-order valence-corrected chi connectivity index (χ4v) is 2.70. The van der Waals surface area contributed by atoms with Crippen molar-refractivity contribution in [3.05, 3.63) is 35.9 Å². The SMILES string of the molecule is CC(C)N(CC(O)CC(C)(O)c1ccccc1)C(C)C. The lowest BCUT2D eigenvalue weighted by Crippen LogP contribution is -2.43. The predicted octanol–water partition coefficient (Wildman–Crippen LogP) is 2.76. The van der Waals surface area contributed by atoms with E-state index in [1.807, 2.05) is 30.3 Å². The maximum Gasteiger partial charge on any atom is 0.0893 e. The maximum atomic E-state index is 10.6. The molecule has 0 bridgehead atoms. The van der Waals surface area contributed by atoms with Crippen LogP contribution in [0.2, 0.25) is 0 Å². The highest BCUT2D eigenvalue weighted by atomic mass is 16.3. The summed E-state index contributed by atoms with van der Waals surface area (Å²) in [6.07, 6.45) is -0.206. The lowest BCUT2D eigenvalue weighted by atomic mass is 9.90. The zero-order valence-electron chi connectivity index (χ0n) is 13.4. The second-order valence-corrected chi connectivity index (χ2v) is 6.38. The molecule has 0 aliphatic carbocycles. The first kappa shape index (κ1) is 17.2. The normalized spacial score (nSPS) is 16.7. The second kappa shape index (κ2) is 7.21. The molecule has 0 fully saturated rings. The summed E-state index contributed by atoms with van der Waals surface area (Å²) >= 11 is 0. The summed E-state index contributed by atoms with van der Waals surface area (Å²) in [5.74, 6) is 0. The number of aliphatic hydroxyl groups is 2. The Kier molecular flexibility index (Phi) is 6.18. The molecule has 0 aromatic heterocycles. The molecule has 0 radical (unpaired) electrons. The molecule has 0 saturated carbocycles. The lowest BCUT2D eigenvalue weighted by molar-refractivity contribution is -0.0180. The van der Waals surface area contributed by atoms with Gasteiger partial charge in [-0.2, -0.15) is 0 Å². The van der Waals surface area contributed by atoms with Crippen LogP contribution in [-0.4, -0.2) is 39.8 Å². The van der Waals surface area contributed by atoms with E-state index >= 15 is 0 Å². The molecule has 2 atom stereocenters. The molecule has 0 spiro atoms. The van der Waals surface area contributed by atoms with Gasteiger partial charge in [0.1, 0.15) is 0 Å². The molecule has 2 unspecified atom stereocenters. The topological polar surface area (TPSA) is 43.7 Å². The van der Waals surface area contributed by atoms with E-state index in [-0.39, 0.29) is 0 Å². The van der Waals surface area contributed by atoms with Crippen molar-refractivity contribution >= 4 is 0 Å². The Morgan fingerprint density at radius 1 is 1.05 bits per heavy atom. The third kappa shape index (κ3) is 4.89. The van der Waals surface area contributed by atoms with Crippen molar-refractivity contribution in [1.82, 2.24) is 4.90 Å². The minimum atomic E-state index is -1.000. The molecule has 0 saturated heterocycles. The van der Waals surface area contributed by atoms with Gasteiger partial charge in [-0.05, 0) is 40.2 Å². The van der Waals surface area contributed by atoms with Crippen molar-refractivity contribution in [3.63, 3.8) is 0 Å². The number of rotatable bonds is 7. The van der Waals surface area contributed by atoms with Gasteiger partial charge in [0, 0.05) is 25.0 Å². The first-order valence-corrected chi connectivity index (χ1v) is 7.45. The first-order valence-electron chi connectivity index (χ1n) is 7.45. The maximum absolute atomic E-state index is 10.6. The Balaban J connectivity index is 2.67. The van der Waals surface area contributed by atoms with Crippen molar-refractivity contribution in [2.75, 3.05) is 6.54 Å². The fourth-order valence-electron chi connectivity index (χ4n) is 2.70. The molecule has 1 aromatic carbocycles. The molecular formula is C17H29NO2. The minimum absolute atomic E-state index is 0.340. The van der Waals surface area contributed by atoms with Crippen LogP contribution >= 0.6 is 0 Å². The number of hydrogen-bond acceptors (Lipinski definition) is 3. The van der Waals surface area contributed by atoms with Gasteiger partial charge in [0.25, 0.3) is 0 Å². The van der Waals surface area contributed by atoms with E-state index in [2.05, 4.69) is 32.6 Å². The lowest BCUT2D eigenvalue weighted by Gasteiger charge is -2.34. The van der Waals surface area contributed by atoms with Gasteiger partial charge in [0.05, 0.1) is 11.7 Å². The molecule has 114 valence electrons. The van der Waals surface area contributed by atoms with Crippen molar-refractivity contribution in [2.45, 2.75) is 64.8 Å². The van der Waals surface area contributed by atoms with E-state index in [1.54, 1.807) is 6.92 Å². The number of aliphatic hydroxyl groups excluding tert-OH is 1. The van der Waals surface area contributed by atoms with Crippen LogP contribution in [-0.2, 0) is 5.60 Å². The van der Waals surface area contributed by atoms with Crippen LogP contribution in [0, 0.1) is 0 Å². The first-order chi connectivity index (χ1) is 9.24. The Bertz CT molecular complexity index is 379. The highest BCUT2D eigenvalue weighted by Crippen LogP contribution is 2.26. The molecule has 0 amide bonds. The van der Waals surface area contributed by atoms with E-state index in [0.717, 1.165) is 5.56 Å². The fraction of sp³-hybridized carbons (Fsp3) is 0.647. The number of hydrogen-bond donors (Lipinski definition) is 2. The standard InChI is InChI=1S/C17H29NO2/c1-13(2)18(14(3)4)12-16(19)11-17(5,20)15-9-7-6-8-10-15/h6-10,13-14,16,19-20H,11-12H2,1-5H3. The molecule has 20 heavy (non-hydrogen) atoms. The van der Waals surface area contributed by atoms with Crippen LogP contribution in [0.15, 0.2) is 30.3 Å². The van der Waals surface area contributed by atoms with E-state index in [0.29, 0.717) is 25.0 Å². The molecule has 1 aromatic rings. The van der Waals surface area contributed by atoms with Gasteiger partial charge in [0.15, 0.2) is 0 Å². The molecule has 3 nitrogen and oxygen atoms in total. The Morgan fingerprint density at radius 3 is 2.00 bits per heavy atom. The van der Waals surface area contributed by atoms with Crippen molar-refractivity contribution in [1.29, 1.82) is 0 Å². The summed E-state index contributed by atoms with van der Waals surface area (Å²) in [6.45, 7) is 10.9. The molecule has 0 aliphatic heterocycles. The zero-order valence-corrected chi connectivity index (χ0v) is 13.4. The van der Waals surface area contributed by atoms with Gasteiger partial charge in [-0.3, -0.25) is 4.90 Å². The van der Waals surface area contributed by atoms with E-state index in [9.17, 15) is 10.2 Å². The van der Waals surface area contributed by atoms with Gasteiger partial charge in [0.2, 0.25) is 0 Å². The summed E-state index contributed by atoms with van der Waals surface area (Å²) in [4.78, 5) is 2.24. The number of benzene rings is 1. The smallest absolute Gasteiger partial charge is 0.0893 e. The zero-order chi connectivity index (χ0) is 15.3. The van der Waals surface area contributed by atoms with Crippen LogP contribution in [0.25, 0.3) is 0 Å². The summed E-state index contributed by atoms with van der Waals surface area (Å²) in [6, 6.07) is 10.3. The van der Waals surface area contributed by atoms with E-state index in [1.165, 1.54) is 0 Å². The van der Waals surface area contributed by atoms with E-state index < -0.39 is 11.7 Å². The Labute approximate surface area is 123 Å². The summed E-state index contributed by atoms with van der Waals surface area (Å²) in [5, 5.41) is 20.9. The third-order valence-corrected chi connectivity index (χ3v) is 3.78. The van der Waals surface area contributed by atoms with Crippen molar-refractivity contribution in [3.8, 4) is 0 Å². The number of nitrogens with zero attached hydrogens (tertiary/aromatic N) is 1. The molecule has 1 rings (SSSR count). The average molecular weight is 279 g/mol. The van der Waals surface area contributed by atoms with Gasteiger partial charge < -0.3 is 10.2 Å². The van der Waals surface area contributed by atoms with E-state index in [4.69, 9.17) is 0 Å². The largest absolute Gasteiger partial charge is 0.392 e. The van der Waals surface area contributed by atoms with Gasteiger partial charge in [-0.25, -0.2) is 0 Å². The molecule has 2 N–H and O–H groups in total. The predicted molar refractivity (Wildman–Crippen MR) is 83.6 cm³/mol. The molecule has 3 heteroatoms. The van der Waals surface area contributed by atoms with Crippen LogP contribution in [0.3, 0.4) is 0 Å². The summed E-state index contributed by atoms with van der Waals surface area (Å²) < 4.78 is 0. The third-order valence-electron chi connectivity index (χ3n) is 3.78. The Hall–Kier alpha value is -0.900. The van der Waals surface area contributed by atoms with Crippen molar-refractivity contribution in [2.24, 2.45) is 0 Å². The minimum Gasteiger partial charge on any atom is -0.392 e. The van der Waals surface area contributed by atoms with Gasteiger partial charge >= 0.3 is 0 Å². The summed E-state index contributed by atoms with van der Waals surface area (Å²) in [5.41, 5.74) is -0.153. The monoisotopic (exact) mass is 279 g/mol. The van der Waals surface area contributed by atoms with Crippen LogP contribution in [0.5, 0.6) is 0 Å².